The van der Waals surface area contributed by atoms with Crippen LogP contribution in [0.4, 0.5) is 4.39 Å². The molecular formula is C16H16FNO. The van der Waals surface area contributed by atoms with Gasteiger partial charge in [0.2, 0.25) is 0 Å². The summed E-state index contributed by atoms with van der Waals surface area (Å²) in [5.41, 5.74) is 3.14. The summed E-state index contributed by atoms with van der Waals surface area (Å²) in [6.45, 7) is 4.06. The summed E-state index contributed by atoms with van der Waals surface area (Å²) in [6, 6.07) is 12.0. The molecule has 2 nitrogen and oxygen atoms in total. The quantitative estimate of drug-likeness (QED) is 0.897. The average Bonchev–Trinajstić information content (AvgIpc) is 2.40. The second-order valence-corrected chi connectivity index (χ2v) is 4.52. The van der Waals surface area contributed by atoms with E-state index in [4.69, 9.17) is 0 Å². The van der Waals surface area contributed by atoms with E-state index in [0.29, 0.717) is 11.1 Å². The van der Waals surface area contributed by atoms with Crippen molar-refractivity contribution < 1.29 is 9.18 Å². The molecule has 3 heteroatoms. The highest BCUT2D eigenvalue weighted by atomic mass is 19.1. The highest BCUT2D eigenvalue weighted by Gasteiger charge is 2.10. The number of carbonyl (C=O) groups is 1. The molecule has 0 radical (unpaired) electrons. The predicted octanol–water partition coefficient (Wildman–Crippen LogP) is 3.37. The molecule has 0 aliphatic rings. The number of carbonyl (C=O) groups excluding carboxylic acids is 1. The van der Waals surface area contributed by atoms with Crippen molar-refractivity contribution in [2.45, 2.75) is 20.4 Å². The Morgan fingerprint density at radius 2 is 1.84 bits per heavy atom. The van der Waals surface area contributed by atoms with Crippen LogP contribution in [0.5, 0.6) is 0 Å². The first-order chi connectivity index (χ1) is 9.09. The summed E-state index contributed by atoms with van der Waals surface area (Å²) in [6.07, 6.45) is 0. The van der Waals surface area contributed by atoms with E-state index in [1.54, 1.807) is 24.3 Å². The fourth-order valence-electron chi connectivity index (χ4n) is 1.91. The number of nitrogens with one attached hydrogen (secondary N) is 1. The molecule has 98 valence electrons. The Morgan fingerprint density at radius 3 is 2.58 bits per heavy atom. The lowest BCUT2D eigenvalue weighted by Crippen LogP contribution is -2.24. The lowest BCUT2D eigenvalue weighted by molar-refractivity contribution is 0.0950. The van der Waals surface area contributed by atoms with E-state index in [1.807, 2.05) is 26.0 Å². The lowest BCUT2D eigenvalue weighted by Gasteiger charge is -2.10. The summed E-state index contributed by atoms with van der Waals surface area (Å²) in [5, 5.41) is 2.75. The zero-order valence-corrected chi connectivity index (χ0v) is 11.0. The first-order valence-electron chi connectivity index (χ1n) is 6.17. The minimum atomic E-state index is -0.302. The second kappa shape index (κ2) is 5.65. The minimum Gasteiger partial charge on any atom is -0.348 e. The van der Waals surface area contributed by atoms with Crippen molar-refractivity contribution in [1.29, 1.82) is 0 Å². The summed E-state index contributed by atoms with van der Waals surface area (Å²) in [7, 11) is 0. The molecule has 1 amide bonds. The molecule has 0 saturated carbocycles. The number of hydrogen-bond acceptors (Lipinski definition) is 1. The van der Waals surface area contributed by atoms with Crippen LogP contribution in [0.3, 0.4) is 0 Å². The van der Waals surface area contributed by atoms with Crippen LogP contribution in [0.1, 0.15) is 27.0 Å². The van der Waals surface area contributed by atoms with Gasteiger partial charge < -0.3 is 5.32 Å². The third kappa shape index (κ3) is 2.99. The van der Waals surface area contributed by atoms with Crippen molar-refractivity contribution in [2.24, 2.45) is 0 Å². The van der Waals surface area contributed by atoms with Gasteiger partial charge in [-0.25, -0.2) is 4.39 Å². The standard InChI is InChI=1S/C16H16FNO/c1-11-6-5-8-14(12(11)2)16(19)18-10-13-7-3-4-9-15(13)17/h3-9H,10H2,1-2H3,(H,18,19). The number of benzene rings is 2. The fourth-order valence-corrected chi connectivity index (χ4v) is 1.91. The van der Waals surface area contributed by atoms with E-state index in [1.165, 1.54) is 6.07 Å². The molecule has 0 bridgehead atoms. The molecule has 1 N–H and O–H groups in total. The number of rotatable bonds is 3. The minimum absolute atomic E-state index is 0.176. The van der Waals surface area contributed by atoms with Crippen molar-refractivity contribution in [1.82, 2.24) is 5.32 Å². The molecular weight excluding hydrogens is 241 g/mol. The van der Waals surface area contributed by atoms with Gasteiger partial charge in [0.15, 0.2) is 0 Å². The van der Waals surface area contributed by atoms with Crippen molar-refractivity contribution in [3.63, 3.8) is 0 Å². The van der Waals surface area contributed by atoms with Crippen LogP contribution in [0.25, 0.3) is 0 Å². The van der Waals surface area contributed by atoms with Gasteiger partial charge in [-0.1, -0.05) is 30.3 Å². The SMILES string of the molecule is Cc1cccc(C(=O)NCc2ccccc2F)c1C. The van der Waals surface area contributed by atoms with Crippen LogP contribution in [-0.2, 0) is 6.54 Å². The zero-order chi connectivity index (χ0) is 13.8. The van der Waals surface area contributed by atoms with E-state index in [9.17, 15) is 9.18 Å². The van der Waals surface area contributed by atoms with E-state index in [2.05, 4.69) is 5.32 Å². The monoisotopic (exact) mass is 257 g/mol. The van der Waals surface area contributed by atoms with E-state index in [0.717, 1.165) is 11.1 Å². The molecule has 0 atom stereocenters. The maximum Gasteiger partial charge on any atom is 0.251 e. The third-order valence-corrected chi connectivity index (χ3v) is 3.25. The van der Waals surface area contributed by atoms with Gasteiger partial charge in [0.05, 0.1) is 0 Å². The van der Waals surface area contributed by atoms with Gasteiger partial charge in [-0.3, -0.25) is 4.79 Å². The number of amides is 1. The largest absolute Gasteiger partial charge is 0.348 e. The highest BCUT2D eigenvalue weighted by Crippen LogP contribution is 2.13. The van der Waals surface area contributed by atoms with E-state index >= 15 is 0 Å². The Hall–Kier alpha value is -2.16. The molecule has 0 unspecified atom stereocenters. The molecule has 0 aliphatic heterocycles. The third-order valence-electron chi connectivity index (χ3n) is 3.25. The highest BCUT2D eigenvalue weighted by molar-refractivity contribution is 5.95. The van der Waals surface area contributed by atoms with Crippen LogP contribution < -0.4 is 5.32 Å². The predicted molar refractivity (Wildman–Crippen MR) is 73.5 cm³/mol. The first kappa shape index (κ1) is 13.3. The Bertz CT molecular complexity index is 607. The second-order valence-electron chi connectivity index (χ2n) is 4.52. The Labute approximate surface area is 112 Å². The topological polar surface area (TPSA) is 29.1 Å². The Balaban J connectivity index is 2.10. The maximum atomic E-state index is 13.4. The molecule has 0 aliphatic carbocycles. The number of halogens is 1. The van der Waals surface area contributed by atoms with Gasteiger partial charge in [-0.05, 0) is 37.1 Å². The van der Waals surface area contributed by atoms with Gasteiger partial charge in [0.25, 0.3) is 5.91 Å². The normalized spacial score (nSPS) is 10.3. The smallest absolute Gasteiger partial charge is 0.251 e. The van der Waals surface area contributed by atoms with Gasteiger partial charge in [-0.2, -0.15) is 0 Å². The Morgan fingerprint density at radius 1 is 1.11 bits per heavy atom. The average molecular weight is 257 g/mol. The summed E-state index contributed by atoms with van der Waals surface area (Å²) in [5.74, 6) is -0.479. The zero-order valence-electron chi connectivity index (χ0n) is 11.0. The molecule has 0 aromatic heterocycles. The fraction of sp³-hybridized carbons (Fsp3) is 0.188. The van der Waals surface area contributed by atoms with E-state index in [-0.39, 0.29) is 18.3 Å². The van der Waals surface area contributed by atoms with Crippen molar-refractivity contribution >= 4 is 5.91 Å². The molecule has 19 heavy (non-hydrogen) atoms. The molecule has 2 aromatic rings. The first-order valence-corrected chi connectivity index (χ1v) is 6.17. The van der Waals surface area contributed by atoms with Gasteiger partial charge in [0.1, 0.15) is 5.82 Å². The molecule has 2 rings (SSSR count). The van der Waals surface area contributed by atoms with Crippen LogP contribution in [-0.4, -0.2) is 5.91 Å². The lowest BCUT2D eigenvalue weighted by atomic mass is 10.0. The molecule has 0 heterocycles. The van der Waals surface area contributed by atoms with Crippen molar-refractivity contribution in [3.05, 3.63) is 70.5 Å². The van der Waals surface area contributed by atoms with Crippen LogP contribution in [0.15, 0.2) is 42.5 Å². The summed E-state index contributed by atoms with van der Waals surface area (Å²) in [4.78, 5) is 12.1. The van der Waals surface area contributed by atoms with E-state index < -0.39 is 0 Å². The summed E-state index contributed by atoms with van der Waals surface area (Å²) >= 11 is 0. The van der Waals surface area contributed by atoms with Gasteiger partial charge in [-0.15, -0.1) is 0 Å². The molecule has 0 spiro atoms. The Kier molecular flexibility index (Phi) is 3.95. The van der Waals surface area contributed by atoms with Gasteiger partial charge in [0, 0.05) is 17.7 Å². The molecule has 0 saturated heterocycles. The number of aryl methyl sites for hydroxylation is 1. The summed E-state index contributed by atoms with van der Waals surface area (Å²) < 4.78 is 13.4. The van der Waals surface area contributed by atoms with Crippen LogP contribution in [0.2, 0.25) is 0 Å². The van der Waals surface area contributed by atoms with Crippen molar-refractivity contribution in [3.8, 4) is 0 Å². The maximum absolute atomic E-state index is 13.4. The van der Waals surface area contributed by atoms with Crippen molar-refractivity contribution in [2.75, 3.05) is 0 Å². The van der Waals surface area contributed by atoms with Crippen LogP contribution in [0, 0.1) is 19.7 Å². The van der Waals surface area contributed by atoms with Crippen LogP contribution >= 0.6 is 0 Å². The molecule has 2 aromatic carbocycles. The number of hydrogen-bond donors (Lipinski definition) is 1. The molecule has 0 fully saturated rings. The van der Waals surface area contributed by atoms with Gasteiger partial charge >= 0.3 is 0 Å².